The minimum atomic E-state index is -0.557. The molecular weight excluding hydrogens is 347 g/mol. The highest BCUT2D eigenvalue weighted by atomic mass is 79.9. The Labute approximate surface area is 127 Å². The molecule has 100 valence electrons. The predicted molar refractivity (Wildman–Crippen MR) is 78.7 cm³/mol. The topological polar surface area (TPSA) is 35.0 Å². The van der Waals surface area contributed by atoms with E-state index < -0.39 is 5.82 Å². The number of fused-ring (bicyclic) bond motifs is 1. The van der Waals surface area contributed by atoms with E-state index >= 15 is 0 Å². The first-order valence-corrected chi connectivity index (χ1v) is 6.84. The number of hydrogen-bond acceptors (Lipinski definition) is 3. The molecule has 0 saturated carbocycles. The van der Waals surface area contributed by atoms with Gasteiger partial charge in [0.25, 0.3) is 5.88 Å². The van der Waals surface area contributed by atoms with Gasteiger partial charge in [0.05, 0.1) is 5.02 Å². The lowest BCUT2D eigenvalue weighted by Crippen LogP contribution is -1.94. The van der Waals surface area contributed by atoms with Crippen LogP contribution in [0.2, 0.25) is 5.02 Å². The fourth-order valence-electron chi connectivity index (χ4n) is 1.78. The van der Waals surface area contributed by atoms with Crippen LogP contribution in [-0.2, 0) is 0 Å². The highest BCUT2D eigenvalue weighted by Crippen LogP contribution is 2.33. The molecule has 0 spiro atoms. The van der Waals surface area contributed by atoms with Gasteiger partial charge in [-0.25, -0.2) is 9.37 Å². The van der Waals surface area contributed by atoms with Gasteiger partial charge >= 0.3 is 0 Å². The van der Waals surface area contributed by atoms with Crippen LogP contribution in [0.1, 0.15) is 0 Å². The molecule has 0 aliphatic carbocycles. The summed E-state index contributed by atoms with van der Waals surface area (Å²) in [5.41, 5.74) is 0.559. The second-order valence-electron chi connectivity index (χ2n) is 3.99. The summed E-state index contributed by atoms with van der Waals surface area (Å²) < 4.78 is 19.8. The summed E-state index contributed by atoms with van der Waals surface area (Å²) in [7, 11) is 0. The Morgan fingerprint density at radius 3 is 2.85 bits per heavy atom. The lowest BCUT2D eigenvalue weighted by atomic mass is 10.2. The molecule has 3 aromatic rings. The highest BCUT2D eigenvalue weighted by molar-refractivity contribution is 9.10. The van der Waals surface area contributed by atoms with Gasteiger partial charge in [0.2, 0.25) is 0 Å². The second kappa shape index (κ2) is 5.34. The number of nitrogens with zero attached hydrogens (tertiary/aromatic N) is 2. The molecule has 0 amide bonds. The zero-order valence-corrected chi connectivity index (χ0v) is 12.3. The first-order valence-electron chi connectivity index (χ1n) is 5.67. The van der Waals surface area contributed by atoms with Crippen LogP contribution in [-0.4, -0.2) is 9.97 Å². The number of pyridine rings is 2. The van der Waals surface area contributed by atoms with Crippen molar-refractivity contribution in [3.63, 3.8) is 0 Å². The number of benzene rings is 1. The molecule has 0 fully saturated rings. The van der Waals surface area contributed by atoms with E-state index in [4.69, 9.17) is 16.3 Å². The van der Waals surface area contributed by atoms with Crippen molar-refractivity contribution in [2.75, 3.05) is 0 Å². The minimum Gasteiger partial charge on any atom is -0.434 e. The van der Waals surface area contributed by atoms with Crippen molar-refractivity contribution in [2.45, 2.75) is 0 Å². The van der Waals surface area contributed by atoms with Gasteiger partial charge < -0.3 is 4.74 Å². The van der Waals surface area contributed by atoms with E-state index in [-0.39, 0.29) is 5.88 Å². The van der Waals surface area contributed by atoms with Crippen molar-refractivity contribution in [2.24, 2.45) is 0 Å². The maximum Gasteiger partial charge on any atom is 0.256 e. The summed E-state index contributed by atoms with van der Waals surface area (Å²) in [6.45, 7) is 0. The van der Waals surface area contributed by atoms with Crippen molar-refractivity contribution in [1.29, 1.82) is 0 Å². The Balaban J connectivity index is 2.09. The van der Waals surface area contributed by atoms with Crippen LogP contribution in [0, 0.1) is 5.82 Å². The van der Waals surface area contributed by atoms with Gasteiger partial charge in [-0.15, -0.1) is 0 Å². The lowest BCUT2D eigenvalue weighted by Gasteiger charge is -2.09. The largest absolute Gasteiger partial charge is 0.434 e. The Kier molecular flexibility index (Phi) is 3.54. The summed E-state index contributed by atoms with van der Waals surface area (Å²) in [5.74, 6) is -0.264. The van der Waals surface area contributed by atoms with E-state index in [2.05, 4.69) is 25.9 Å². The van der Waals surface area contributed by atoms with Crippen LogP contribution in [0.3, 0.4) is 0 Å². The average Bonchev–Trinajstić information content (AvgIpc) is 2.45. The van der Waals surface area contributed by atoms with Gasteiger partial charge in [-0.1, -0.05) is 11.6 Å². The minimum absolute atomic E-state index is 0.109. The Morgan fingerprint density at radius 2 is 2.05 bits per heavy atom. The van der Waals surface area contributed by atoms with Gasteiger partial charge in [-0.2, -0.15) is 0 Å². The Hall–Kier alpha value is -1.72. The molecule has 3 rings (SSSR count). The van der Waals surface area contributed by atoms with Crippen molar-refractivity contribution in [3.8, 4) is 11.6 Å². The molecule has 0 bridgehead atoms. The van der Waals surface area contributed by atoms with Gasteiger partial charge in [0.15, 0.2) is 11.6 Å². The van der Waals surface area contributed by atoms with Crippen LogP contribution in [0.5, 0.6) is 11.6 Å². The second-order valence-corrected chi connectivity index (χ2v) is 5.31. The lowest BCUT2D eigenvalue weighted by molar-refractivity contribution is 0.425. The molecule has 0 radical (unpaired) electrons. The van der Waals surface area contributed by atoms with Gasteiger partial charge in [0, 0.05) is 22.3 Å². The molecule has 2 heterocycles. The summed E-state index contributed by atoms with van der Waals surface area (Å²) >= 11 is 9.24. The van der Waals surface area contributed by atoms with Crippen LogP contribution < -0.4 is 4.74 Å². The van der Waals surface area contributed by atoms with Crippen molar-refractivity contribution in [3.05, 3.63) is 58.0 Å². The van der Waals surface area contributed by atoms with E-state index in [0.717, 1.165) is 5.39 Å². The maximum atomic E-state index is 13.8. The molecule has 0 aliphatic rings. The standard InChI is InChI=1S/C14H7BrClFN2O/c15-8-6-11(17)14(19-7-8)20-12-4-3-10(16)9-2-1-5-18-13(9)12/h1-7H. The number of halogens is 3. The number of rotatable bonds is 2. The molecule has 0 aliphatic heterocycles. The quantitative estimate of drug-likeness (QED) is 0.652. The SMILES string of the molecule is Fc1cc(Br)cnc1Oc1ccc(Cl)c2cccnc12. The Morgan fingerprint density at radius 1 is 1.20 bits per heavy atom. The predicted octanol–water partition coefficient (Wildman–Crippen LogP) is 4.98. The fourth-order valence-corrected chi connectivity index (χ4v) is 2.29. The smallest absolute Gasteiger partial charge is 0.256 e. The number of hydrogen-bond donors (Lipinski definition) is 0. The third kappa shape index (κ3) is 2.46. The van der Waals surface area contributed by atoms with Crippen molar-refractivity contribution < 1.29 is 9.13 Å². The normalized spacial score (nSPS) is 10.8. The highest BCUT2D eigenvalue weighted by Gasteiger charge is 2.11. The fraction of sp³-hybridized carbons (Fsp3) is 0. The maximum absolute atomic E-state index is 13.8. The molecule has 3 nitrogen and oxygen atoms in total. The van der Waals surface area contributed by atoms with E-state index in [1.807, 2.05) is 6.07 Å². The van der Waals surface area contributed by atoms with Crippen molar-refractivity contribution in [1.82, 2.24) is 9.97 Å². The van der Waals surface area contributed by atoms with Crippen LogP contribution in [0.15, 0.2) is 47.2 Å². The van der Waals surface area contributed by atoms with E-state index in [0.29, 0.717) is 20.8 Å². The number of ether oxygens (including phenoxy) is 1. The van der Waals surface area contributed by atoms with Gasteiger partial charge in [-0.05, 0) is 46.3 Å². The molecule has 0 N–H and O–H groups in total. The molecule has 1 aromatic carbocycles. The zero-order chi connectivity index (χ0) is 14.1. The van der Waals surface area contributed by atoms with E-state index in [1.54, 1.807) is 24.4 Å². The monoisotopic (exact) mass is 352 g/mol. The third-order valence-corrected chi connectivity index (χ3v) is 3.42. The first kappa shape index (κ1) is 13.3. The number of aromatic nitrogens is 2. The van der Waals surface area contributed by atoms with Crippen molar-refractivity contribution >= 4 is 38.4 Å². The van der Waals surface area contributed by atoms with E-state index in [9.17, 15) is 4.39 Å². The van der Waals surface area contributed by atoms with Crippen LogP contribution in [0.25, 0.3) is 10.9 Å². The molecule has 0 unspecified atom stereocenters. The Bertz CT molecular complexity index is 797. The zero-order valence-electron chi connectivity index (χ0n) is 9.98. The average molecular weight is 354 g/mol. The molecule has 6 heteroatoms. The summed E-state index contributed by atoms with van der Waals surface area (Å²) in [6, 6.07) is 8.20. The summed E-state index contributed by atoms with van der Waals surface area (Å²) in [4.78, 5) is 8.11. The molecule has 2 aromatic heterocycles. The molecule has 0 atom stereocenters. The molecular formula is C14H7BrClFN2O. The van der Waals surface area contributed by atoms with Crippen LogP contribution >= 0.6 is 27.5 Å². The molecule has 0 saturated heterocycles. The molecule has 20 heavy (non-hydrogen) atoms. The third-order valence-electron chi connectivity index (χ3n) is 2.66. The van der Waals surface area contributed by atoms with E-state index in [1.165, 1.54) is 12.3 Å². The van der Waals surface area contributed by atoms with Gasteiger partial charge in [0.1, 0.15) is 5.52 Å². The van der Waals surface area contributed by atoms with Crippen LogP contribution in [0.4, 0.5) is 4.39 Å². The summed E-state index contributed by atoms with van der Waals surface area (Å²) in [5, 5.41) is 1.30. The first-order chi connectivity index (χ1) is 9.65. The van der Waals surface area contributed by atoms with Gasteiger partial charge in [-0.3, -0.25) is 4.98 Å². The summed E-state index contributed by atoms with van der Waals surface area (Å²) in [6.07, 6.45) is 3.08.